The van der Waals surface area contributed by atoms with Crippen LogP contribution in [0.2, 0.25) is 0 Å². The van der Waals surface area contributed by atoms with Crippen LogP contribution in [0.4, 0.5) is 0 Å². The van der Waals surface area contributed by atoms with Crippen LogP contribution in [-0.4, -0.2) is 27.7 Å². The fraction of sp³-hybridized carbons (Fsp3) is 0.588. The lowest BCUT2D eigenvalue weighted by atomic mass is 10.1. The highest BCUT2D eigenvalue weighted by molar-refractivity contribution is 6.52. The van der Waals surface area contributed by atoms with E-state index in [1.807, 2.05) is 18.2 Å². The molecule has 0 aliphatic heterocycles. The Morgan fingerprint density at radius 1 is 1.19 bits per heavy atom. The van der Waals surface area contributed by atoms with Gasteiger partial charge in [0.1, 0.15) is 4.33 Å². The number of hydrogen-bond acceptors (Lipinski definition) is 1. The normalized spacial score (nSPS) is 24.0. The first kappa shape index (κ1) is 15.2. The molecule has 1 amide bonds. The summed E-state index contributed by atoms with van der Waals surface area (Å²) in [6.45, 7) is 0.772. The van der Waals surface area contributed by atoms with Gasteiger partial charge in [0.25, 0.3) is 0 Å². The maximum atomic E-state index is 12.7. The van der Waals surface area contributed by atoms with Crippen LogP contribution in [0, 0.1) is 5.92 Å². The summed E-state index contributed by atoms with van der Waals surface area (Å²) in [5.74, 6) is -0.0416. The number of nitrogens with zero attached hydrogens (tertiary/aromatic N) is 1. The number of alkyl halides is 2. The monoisotopic (exact) mass is 325 g/mol. The summed E-state index contributed by atoms with van der Waals surface area (Å²) in [6, 6.07) is 10.7. The summed E-state index contributed by atoms with van der Waals surface area (Å²) in [6.07, 6.45) is 6.17. The van der Waals surface area contributed by atoms with Crippen LogP contribution in [0.1, 0.15) is 37.7 Å². The van der Waals surface area contributed by atoms with Gasteiger partial charge in [0.05, 0.1) is 5.92 Å². The molecule has 1 aromatic carbocycles. The van der Waals surface area contributed by atoms with E-state index in [1.165, 1.54) is 18.4 Å². The van der Waals surface area contributed by atoms with Crippen molar-refractivity contribution in [3.05, 3.63) is 35.9 Å². The molecule has 2 nitrogen and oxygen atoms in total. The van der Waals surface area contributed by atoms with Gasteiger partial charge in [-0.25, -0.2) is 0 Å². The molecule has 0 N–H and O–H groups in total. The molecular weight excluding hydrogens is 305 g/mol. The van der Waals surface area contributed by atoms with Crippen LogP contribution < -0.4 is 0 Å². The molecule has 0 saturated heterocycles. The molecule has 2 fully saturated rings. The van der Waals surface area contributed by atoms with Gasteiger partial charge in [0, 0.05) is 12.6 Å². The first-order valence-electron chi connectivity index (χ1n) is 7.80. The maximum absolute atomic E-state index is 12.7. The highest BCUT2D eigenvalue weighted by Crippen LogP contribution is 2.54. The number of halogens is 2. The largest absolute Gasteiger partial charge is 0.339 e. The van der Waals surface area contributed by atoms with Crippen molar-refractivity contribution < 1.29 is 4.79 Å². The minimum atomic E-state index is -0.819. The molecule has 21 heavy (non-hydrogen) atoms. The molecule has 114 valence electrons. The second-order valence-electron chi connectivity index (χ2n) is 6.22. The molecule has 0 spiro atoms. The van der Waals surface area contributed by atoms with Crippen molar-refractivity contribution in [2.45, 2.75) is 48.9 Å². The lowest BCUT2D eigenvalue weighted by Gasteiger charge is -2.29. The van der Waals surface area contributed by atoms with E-state index in [0.29, 0.717) is 12.5 Å². The Morgan fingerprint density at radius 3 is 2.38 bits per heavy atom. The molecule has 3 rings (SSSR count). The number of hydrogen-bond donors (Lipinski definition) is 0. The molecular formula is C17H21Cl2NO. The van der Waals surface area contributed by atoms with Crippen LogP contribution >= 0.6 is 23.2 Å². The topological polar surface area (TPSA) is 20.3 Å². The predicted octanol–water partition coefficient (Wildman–Crippen LogP) is 4.19. The quantitative estimate of drug-likeness (QED) is 0.743. The molecule has 2 aliphatic carbocycles. The number of benzene rings is 1. The Morgan fingerprint density at radius 2 is 1.81 bits per heavy atom. The average molecular weight is 326 g/mol. The molecule has 2 saturated carbocycles. The Balaban J connectivity index is 1.66. The molecule has 0 bridgehead atoms. The first-order valence-corrected chi connectivity index (χ1v) is 8.56. The van der Waals surface area contributed by atoms with Crippen molar-refractivity contribution in [3.63, 3.8) is 0 Å². The molecule has 2 aliphatic rings. The zero-order valence-electron chi connectivity index (χ0n) is 12.1. The standard InChI is InChI=1S/C17H21Cl2NO/c18-17(19)12-15(17)16(21)20(14-8-4-5-9-14)11-10-13-6-2-1-3-7-13/h1-3,6-7,14-15H,4-5,8-12H2. The maximum Gasteiger partial charge on any atom is 0.229 e. The van der Waals surface area contributed by atoms with E-state index in [1.54, 1.807) is 0 Å². The van der Waals surface area contributed by atoms with Crippen LogP contribution in [0.25, 0.3) is 0 Å². The summed E-state index contributed by atoms with van der Waals surface area (Å²) in [5.41, 5.74) is 1.27. The Labute approximate surface area is 136 Å². The van der Waals surface area contributed by atoms with E-state index in [-0.39, 0.29) is 11.8 Å². The zero-order valence-corrected chi connectivity index (χ0v) is 13.6. The van der Waals surface area contributed by atoms with Gasteiger partial charge in [0.15, 0.2) is 0 Å². The van der Waals surface area contributed by atoms with Gasteiger partial charge in [-0.3, -0.25) is 4.79 Å². The van der Waals surface area contributed by atoms with Crippen LogP contribution in [0.3, 0.4) is 0 Å². The first-order chi connectivity index (χ1) is 10.1. The van der Waals surface area contributed by atoms with E-state index >= 15 is 0 Å². The van der Waals surface area contributed by atoms with Crippen molar-refractivity contribution in [1.82, 2.24) is 4.90 Å². The smallest absolute Gasteiger partial charge is 0.229 e. The van der Waals surface area contributed by atoms with Crippen molar-refractivity contribution in [2.24, 2.45) is 5.92 Å². The third-order valence-electron chi connectivity index (χ3n) is 4.66. The molecule has 4 heteroatoms. The fourth-order valence-corrected chi connectivity index (χ4v) is 3.76. The zero-order chi connectivity index (χ0) is 14.9. The number of amides is 1. The van der Waals surface area contributed by atoms with Gasteiger partial charge in [-0.15, -0.1) is 23.2 Å². The summed E-state index contributed by atoms with van der Waals surface area (Å²) < 4.78 is -0.819. The molecule has 1 atom stereocenters. The van der Waals surface area contributed by atoms with Gasteiger partial charge in [-0.05, 0) is 31.2 Å². The summed E-state index contributed by atoms with van der Waals surface area (Å²) in [7, 11) is 0. The van der Waals surface area contributed by atoms with Crippen molar-refractivity contribution >= 4 is 29.1 Å². The Bertz CT molecular complexity index is 497. The van der Waals surface area contributed by atoms with E-state index in [2.05, 4.69) is 17.0 Å². The van der Waals surface area contributed by atoms with Gasteiger partial charge in [-0.1, -0.05) is 43.2 Å². The van der Waals surface area contributed by atoms with Crippen molar-refractivity contribution in [2.75, 3.05) is 6.54 Å². The molecule has 1 unspecified atom stereocenters. The highest BCUT2D eigenvalue weighted by atomic mass is 35.5. The molecule has 0 aromatic heterocycles. The Kier molecular flexibility index (Phi) is 4.46. The lowest BCUT2D eigenvalue weighted by molar-refractivity contribution is -0.134. The van der Waals surface area contributed by atoms with E-state index in [4.69, 9.17) is 23.2 Å². The highest BCUT2D eigenvalue weighted by Gasteiger charge is 2.57. The van der Waals surface area contributed by atoms with Crippen LogP contribution in [0.5, 0.6) is 0 Å². The van der Waals surface area contributed by atoms with Crippen LogP contribution in [0.15, 0.2) is 30.3 Å². The second kappa shape index (κ2) is 6.18. The predicted molar refractivity (Wildman–Crippen MR) is 86.7 cm³/mol. The fourth-order valence-electron chi connectivity index (χ4n) is 3.26. The Hall–Kier alpha value is -0.730. The van der Waals surface area contributed by atoms with E-state index in [9.17, 15) is 4.79 Å². The van der Waals surface area contributed by atoms with Gasteiger partial charge in [0.2, 0.25) is 5.91 Å². The third-order valence-corrected chi connectivity index (χ3v) is 5.49. The summed E-state index contributed by atoms with van der Waals surface area (Å²) in [5, 5.41) is 0. The number of carbonyl (C=O) groups is 1. The lowest BCUT2D eigenvalue weighted by Crippen LogP contribution is -2.42. The van der Waals surface area contributed by atoms with Crippen molar-refractivity contribution in [1.29, 1.82) is 0 Å². The summed E-state index contributed by atoms with van der Waals surface area (Å²) in [4.78, 5) is 14.7. The molecule has 0 heterocycles. The van der Waals surface area contributed by atoms with E-state index < -0.39 is 4.33 Å². The SMILES string of the molecule is O=C(C1CC1(Cl)Cl)N(CCc1ccccc1)C1CCCC1. The average Bonchev–Trinajstić information content (AvgIpc) is 2.90. The van der Waals surface area contributed by atoms with Gasteiger partial charge in [-0.2, -0.15) is 0 Å². The van der Waals surface area contributed by atoms with Gasteiger partial charge < -0.3 is 4.90 Å². The van der Waals surface area contributed by atoms with E-state index in [0.717, 1.165) is 25.8 Å². The van der Waals surface area contributed by atoms with Crippen molar-refractivity contribution in [3.8, 4) is 0 Å². The number of rotatable bonds is 5. The minimum absolute atomic E-state index is 0.155. The third kappa shape index (κ3) is 3.54. The van der Waals surface area contributed by atoms with Crippen LogP contribution in [-0.2, 0) is 11.2 Å². The molecule has 0 radical (unpaired) electrons. The summed E-state index contributed by atoms with van der Waals surface area (Å²) >= 11 is 12.2. The minimum Gasteiger partial charge on any atom is -0.339 e. The number of carbonyl (C=O) groups excluding carboxylic acids is 1. The van der Waals surface area contributed by atoms with Gasteiger partial charge >= 0.3 is 0 Å². The molecule has 1 aromatic rings. The second-order valence-corrected chi connectivity index (χ2v) is 7.77.